The molecule has 0 aliphatic heterocycles. The average molecular weight is 470 g/mol. The van der Waals surface area contributed by atoms with Crippen LogP contribution >= 0.6 is 0 Å². The van der Waals surface area contributed by atoms with Crippen molar-refractivity contribution in [3.63, 3.8) is 0 Å². The summed E-state index contributed by atoms with van der Waals surface area (Å²) in [5, 5.41) is 25.2. The Labute approximate surface area is 213 Å². The second-order valence-electron chi connectivity index (χ2n) is 9.21. The predicted molar refractivity (Wildman–Crippen MR) is 150 cm³/mol. The van der Waals surface area contributed by atoms with Gasteiger partial charge < -0.3 is 4.40 Å². The summed E-state index contributed by atoms with van der Waals surface area (Å²) in [6.45, 7) is 0. The number of nitrogens with zero attached hydrogens (tertiary/aromatic N) is 3. The van der Waals surface area contributed by atoms with Crippen molar-refractivity contribution in [2.75, 3.05) is 0 Å². The Bertz CT molecular complexity index is 2090. The first-order valence-corrected chi connectivity index (χ1v) is 12.2. The van der Waals surface area contributed by atoms with Crippen LogP contribution in [-0.2, 0) is 0 Å². The first kappa shape index (κ1) is 20.9. The van der Waals surface area contributed by atoms with Crippen molar-refractivity contribution in [1.82, 2.24) is 4.40 Å². The molecule has 0 aliphatic carbocycles. The Morgan fingerprint density at radius 2 is 1.19 bits per heavy atom. The molecular formula is C34H19N3. The summed E-state index contributed by atoms with van der Waals surface area (Å²) >= 11 is 0. The van der Waals surface area contributed by atoms with Crippen LogP contribution in [0.3, 0.4) is 0 Å². The minimum Gasteiger partial charge on any atom is -0.308 e. The highest BCUT2D eigenvalue weighted by atomic mass is 14.9. The van der Waals surface area contributed by atoms with E-state index in [0.29, 0.717) is 11.1 Å². The zero-order chi connectivity index (χ0) is 24.9. The Balaban J connectivity index is 1.82. The number of nitriles is 2. The lowest BCUT2D eigenvalue weighted by Crippen LogP contribution is -1.97. The summed E-state index contributed by atoms with van der Waals surface area (Å²) in [4.78, 5) is 0. The van der Waals surface area contributed by atoms with Crippen LogP contribution in [0.2, 0.25) is 0 Å². The van der Waals surface area contributed by atoms with Gasteiger partial charge in [-0.15, -0.1) is 0 Å². The first-order valence-electron chi connectivity index (χ1n) is 12.2. The summed E-state index contributed by atoms with van der Waals surface area (Å²) in [7, 11) is 0. The van der Waals surface area contributed by atoms with Gasteiger partial charge in [0.05, 0.1) is 27.9 Å². The van der Waals surface area contributed by atoms with E-state index in [0.717, 1.165) is 60.3 Å². The fourth-order valence-corrected chi connectivity index (χ4v) is 5.60. The number of hydrogen-bond donors (Lipinski definition) is 0. The minimum atomic E-state index is 0.379. The maximum atomic E-state index is 9.93. The second kappa shape index (κ2) is 8.09. The Kier molecular flexibility index (Phi) is 4.58. The van der Waals surface area contributed by atoms with Gasteiger partial charge in [0.25, 0.3) is 0 Å². The van der Waals surface area contributed by atoms with Crippen LogP contribution in [-0.4, -0.2) is 4.40 Å². The Morgan fingerprint density at radius 1 is 0.541 bits per heavy atom. The Morgan fingerprint density at radius 3 is 1.92 bits per heavy atom. The van der Waals surface area contributed by atoms with Gasteiger partial charge in [-0.3, -0.25) is 0 Å². The van der Waals surface area contributed by atoms with Gasteiger partial charge in [-0.1, -0.05) is 97.1 Å². The van der Waals surface area contributed by atoms with Gasteiger partial charge in [-0.05, 0) is 40.1 Å². The number of aromatic nitrogens is 1. The van der Waals surface area contributed by atoms with E-state index in [4.69, 9.17) is 0 Å². The van der Waals surface area contributed by atoms with Gasteiger partial charge >= 0.3 is 0 Å². The summed E-state index contributed by atoms with van der Waals surface area (Å²) in [6.07, 6.45) is 0. The third-order valence-corrected chi connectivity index (χ3v) is 7.23. The summed E-state index contributed by atoms with van der Waals surface area (Å²) in [6, 6.07) is 44.0. The molecule has 0 saturated carbocycles. The third-order valence-electron chi connectivity index (χ3n) is 7.23. The first-order chi connectivity index (χ1) is 18.3. The molecule has 0 bridgehead atoms. The average Bonchev–Trinajstić information content (AvgIpc) is 3.38. The molecule has 2 aromatic heterocycles. The molecule has 170 valence electrons. The van der Waals surface area contributed by atoms with Gasteiger partial charge in [0, 0.05) is 21.7 Å². The fraction of sp³-hybridized carbons (Fsp3) is 0. The number of hydrogen-bond acceptors (Lipinski definition) is 2. The van der Waals surface area contributed by atoms with Crippen LogP contribution < -0.4 is 0 Å². The highest BCUT2D eigenvalue weighted by Gasteiger charge is 2.21. The zero-order valence-electron chi connectivity index (χ0n) is 19.8. The Hall–Kier alpha value is -5.38. The molecular weight excluding hydrogens is 450 g/mol. The van der Waals surface area contributed by atoms with Crippen LogP contribution in [0.1, 0.15) is 11.1 Å². The van der Waals surface area contributed by atoms with Gasteiger partial charge in [-0.2, -0.15) is 10.5 Å². The van der Waals surface area contributed by atoms with E-state index in [2.05, 4.69) is 89.3 Å². The van der Waals surface area contributed by atoms with Crippen LogP contribution in [0.15, 0.2) is 115 Å². The van der Waals surface area contributed by atoms with Crippen LogP contribution in [0.5, 0.6) is 0 Å². The van der Waals surface area contributed by atoms with Crippen LogP contribution in [0.25, 0.3) is 60.3 Å². The van der Waals surface area contributed by atoms with Gasteiger partial charge in [0.15, 0.2) is 0 Å². The van der Waals surface area contributed by atoms with E-state index in [9.17, 15) is 10.5 Å². The predicted octanol–water partition coefficient (Wildman–Crippen LogP) is 8.48. The van der Waals surface area contributed by atoms with Crippen molar-refractivity contribution in [3.8, 4) is 34.5 Å². The van der Waals surface area contributed by atoms with E-state index >= 15 is 0 Å². The molecule has 3 nitrogen and oxygen atoms in total. The number of benzene rings is 5. The SMILES string of the molecule is N#Cc1cc2c3c4ccccc4ccc3c3c(-c4ccccc4)cc(-c4ccccc4)n3c2cc1C#N. The van der Waals surface area contributed by atoms with Crippen molar-refractivity contribution in [2.24, 2.45) is 0 Å². The molecule has 7 rings (SSSR count). The number of pyridine rings is 1. The molecule has 0 radical (unpaired) electrons. The molecule has 5 aromatic carbocycles. The van der Waals surface area contributed by atoms with Gasteiger partial charge in [0.2, 0.25) is 0 Å². The lowest BCUT2D eigenvalue weighted by molar-refractivity contribution is 1.28. The lowest BCUT2D eigenvalue weighted by Gasteiger charge is -2.16. The molecule has 37 heavy (non-hydrogen) atoms. The highest BCUT2D eigenvalue weighted by molar-refractivity contribution is 6.26. The molecule has 0 N–H and O–H groups in total. The molecule has 3 heteroatoms. The largest absolute Gasteiger partial charge is 0.308 e. The minimum absolute atomic E-state index is 0.379. The van der Waals surface area contributed by atoms with E-state index in [-0.39, 0.29) is 0 Å². The molecule has 0 atom stereocenters. The van der Waals surface area contributed by atoms with E-state index in [1.54, 1.807) is 0 Å². The van der Waals surface area contributed by atoms with Gasteiger partial charge in [0.1, 0.15) is 12.1 Å². The summed E-state index contributed by atoms with van der Waals surface area (Å²) < 4.78 is 2.27. The van der Waals surface area contributed by atoms with Crippen molar-refractivity contribution < 1.29 is 0 Å². The molecule has 7 aromatic rings. The molecule has 0 saturated heterocycles. The van der Waals surface area contributed by atoms with Gasteiger partial charge in [-0.25, -0.2) is 0 Å². The molecule has 2 heterocycles. The quantitative estimate of drug-likeness (QED) is 0.238. The fourth-order valence-electron chi connectivity index (χ4n) is 5.60. The molecule has 0 fully saturated rings. The van der Waals surface area contributed by atoms with Crippen molar-refractivity contribution in [1.29, 1.82) is 10.5 Å². The molecule has 0 unspecified atom stereocenters. The van der Waals surface area contributed by atoms with E-state index in [1.165, 1.54) is 0 Å². The van der Waals surface area contributed by atoms with Crippen LogP contribution in [0.4, 0.5) is 0 Å². The number of fused-ring (bicyclic) bond motifs is 8. The van der Waals surface area contributed by atoms with Crippen LogP contribution in [0, 0.1) is 22.7 Å². The summed E-state index contributed by atoms with van der Waals surface area (Å²) in [5.74, 6) is 0. The normalized spacial score (nSPS) is 11.2. The molecule has 0 amide bonds. The zero-order valence-corrected chi connectivity index (χ0v) is 19.8. The smallest absolute Gasteiger partial charge is 0.101 e. The van der Waals surface area contributed by atoms with Crippen molar-refractivity contribution >= 4 is 38.0 Å². The maximum Gasteiger partial charge on any atom is 0.101 e. The lowest BCUT2D eigenvalue weighted by atomic mass is 9.94. The molecule has 0 spiro atoms. The third kappa shape index (κ3) is 3.05. The molecule has 0 aliphatic rings. The topological polar surface area (TPSA) is 52.0 Å². The summed E-state index contributed by atoms with van der Waals surface area (Å²) in [5.41, 5.74) is 7.16. The van der Waals surface area contributed by atoms with Crippen molar-refractivity contribution in [3.05, 3.63) is 126 Å². The second-order valence-corrected chi connectivity index (χ2v) is 9.21. The monoisotopic (exact) mass is 469 g/mol. The maximum absolute atomic E-state index is 9.93. The highest BCUT2D eigenvalue weighted by Crippen LogP contribution is 2.43. The van der Waals surface area contributed by atoms with Crippen molar-refractivity contribution in [2.45, 2.75) is 0 Å². The standard InChI is InChI=1S/C34H19N3/c35-20-25-17-30-32(18-26(25)21-36)37-31(24-12-5-2-6-13-24)19-29(22-9-3-1-4-10-22)34(37)28-16-15-23-11-7-8-14-27(23)33(28)30/h1-19H. The number of rotatable bonds is 2. The van der Waals surface area contributed by atoms with E-state index < -0.39 is 0 Å². The van der Waals surface area contributed by atoms with E-state index in [1.807, 2.05) is 42.5 Å².